The zero-order valence-electron chi connectivity index (χ0n) is 10.1. The first-order chi connectivity index (χ1) is 9.28. The van der Waals surface area contributed by atoms with E-state index in [4.69, 9.17) is 11.6 Å². The Bertz CT molecular complexity index is 790. The molecule has 0 amide bonds. The van der Waals surface area contributed by atoms with Gasteiger partial charge in [0.25, 0.3) is 5.56 Å². The molecule has 0 aliphatic heterocycles. The number of nitrogens with one attached hydrogen (secondary N) is 1. The third-order valence-corrected chi connectivity index (χ3v) is 3.25. The number of hydrogen-bond acceptors (Lipinski definition) is 2. The number of rotatable bonds is 2. The topological polar surface area (TPSA) is 45.8 Å². The van der Waals surface area contributed by atoms with Gasteiger partial charge in [-0.1, -0.05) is 42.5 Å². The molecule has 0 saturated carbocycles. The molecule has 4 heteroatoms. The van der Waals surface area contributed by atoms with E-state index in [1.165, 1.54) is 6.07 Å². The lowest BCUT2D eigenvalue weighted by molar-refractivity contribution is 1.06. The minimum Gasteiger partial charge on any atom is -0.306 e. The summed E-state index contributed by atoms with van der Waals surface area (Å²) in [5.74, 6) is 0.779. The average molecular weight is 271 g/mol. The van der Waals surface area contributed by atoms with Crippen LogP contribution < -0.4 is 5.56 Å². The molecule has 19 heavy (non-hydrogen) atoms. The largest absolute Gasteiger partial charge is 0.306 e. The molecule has 0 spiro atoms. The summed E-state index contributed by atoms with van der Waals surface area (Å²) in [6.07, 6.45) is 0. The highest BCUT2D eigenvalue weighted by Crippen LogP contribution is 2.25. The second-order valence-corrected chi connectivity index (χ2v) is 4.51. The van der Waals surface area contributed by atoms with Gasteiger partial charge in [0.1, 0.15) is 5.82 Å². The van der Waals surface area contributed by atoms with Crippen LogP contribution in [0.2, 0.25) is 0 Å². The first-order valence-electron chi connectivity index (χ1n) is 5.92. The number of H-pyrrole nitrogens is 1. The summed E-state index contributed by atoms with van der Waals surface area (Å²) in [5.41, 5.74) is 1.30. The van der Waals surface area contributed by atoms with Crippen LogP contribution in [0.15, 0.2) is 53.3 Å². The van der Waals surface area contributed by atoms with Gasteiger partial charge >= 0.3 is 0 Å². The van der Waals surface area contributed by atoms with Crippen LogP contribution in [0.25, 0.3) is 22.2 Å². The van der Waals surface area contributed by atoms with Gasteiger partial charge in [0.2, 0.25) is 0 Å². The van der Waals surface area contributed by atoms with Crippen molar-refractivity contribution in [2.24, 2.45) is 0 Å². The molecule has 0 radical (unpaired) electrons. The first-order valence-corrected chi connectivity index (χ1v) is 6.46. The maximum absolute atomic E-state index is 11.6. The molecule has 3 nitrogen and oxygen atoms in total. The minimum absolute atomic E-state index is 0.186. The van der Waals surface area contributed by atoms with Gasteiger partial charge in [0, 0.05) is 11.6 Å². The van der Waals surface area contributed by atoms with E-state index in [0.717, 1.165) is 16.3 Å². The Morgan fingerprint density at radius 2 is 1.89 bits per heavy atom. The summed E-state index contributed by atoms with van der Waals surface area (Å²) >= 11 is 5.76. The van der Waals surface area contributed by atoms with E-state index >= 15 is 0 Å². The third-order valence-electron chi connectivity index (χ3n) is 2.98. The second-order valence-electron chi connectivity index (χ2n) is 4.25. The molecule has 1 N–H and O–H groups in total. The fourth-order valence-electron chi connectivity index (χ4n) is 2.14. The van der Waals surface area contributed by atoms with Gasteiger partial charge in [-0.25, -0.2) is 4.98 Å². The number of halogens is 1. The minimum atomic E-state index is -0.186. The van der Waals surface area contributed by atoms with Crippen molar-refractivity contribution >= 4 is 22.4 Å². The highest BCUT2D eigenvalue weighted by molar-refractivity contribution is 6.16. The van der Waals surface area contributed by atoms with Crippen molar-refractivity contribution in [3.63, 3.8) is 0 Å². The smallest absolute Gasteiger partial charge is 0.251 e. The molecule has 2 aromatic carbocycles. The van der Waals surface area contributed by atoms with Crippen molar-refractivity contribution in [1.29, 1.82) is 0 Å². The lowest BCUT2D eigenvalue weighted by Gasteiger charge is -2.06. The number of alkyl halides is 1. The summed E-state index contributed by atoms with van der Waals surface area (Å²) in [5, 5.41) is 2.17. The van der Waals surface area contributed by atoms with E-state index in [9.17, 15) is 4.79 Å². The summed E-state index contributed by atoms with van der Waals surface area (Å²) in [4.78, 5) is 18.8. The van der Waals surface area contributed by atoms with Crippen LogP contribution in [0.3, 0.4) is 0 Å². The number of benzene rings is 2. The first kappa shape index (κ1) is 11.9. The lowest BCUT2D eigenvalue weighted by atomic mass is 10.0. The number of aromatic amines is 1. The highest BCUT2D eigenvalue weighted by atomic mass is 35.5. The molecular formula is C15H11ClN2O. The SMILES string of the molecule is O=c1cc(CCl)nc(-c2cccc3ccccc23)[nH]1. The standard InChI is InChI=1S/C15H11ClN2O/c16-9-11-8-14(19)18-15(17-11)13-7-3-5-10-4-1-2-6-12(10)13/h1-8H,9H2,(H,17,18,19). The van der Waals surface area contributed by atoms with E-state index < -0.39 is 0 Å². The number of nitrogens with zero attached hydrogens (tertiary/aromatic N) is 1. The Kier molecular flexibility index (Phi) is 3.05. The lowest BCUT2D eigenvalue weighted by Crippen LogP contribution is -2.09. The van der Waals surface area contributed by atoms with Gasteiger partial charge in [-0.2, -0.15) is 0 Å². The summed E-state index contributed by atoms with van der Waals surface area (Å²) in [7, 11) is 0. The van der Waals surface area contributed by atoms with Gasteiger partial charge in [-0.05, 0) is 10.8 Å². The van der Waals surface area contributed by atoms with Crippen LogP contribution >= 0.6 is 11.6 Å². The van der Waals surface area contributed by atoms with Crippen molar-refractivity contribution in [3.05, 3.63) is 64.6 Å². The fraction of sp³-hybridized carbons (Fsp3) is 0.0667. The molecule has 0 aliphatic rings. The van der Waals surface area contributed by atoms with Crippen LogP contribution in [0.4, 0.5) is 0 Å². The molecule has 0 bridgehead atoms. The van der Waals surface area contributed by atoms with Gasteiger partial charge in [-0.15, -0.1) is 11.6 Å². The van der Waals surface area contributed by atoms with Crippen molar-refractivity contribution in [1.82, 2.24) is 9.97 Å². The van der Waals surface area contributed by atoms with Gasteiger partial charge in [0.15, 0.2) is 0 Å². The van der Waals surface area contributed by atoms with Crippen molar-refractivity contribution < 1.29 is 0 Å². The summed E-state index contributed by atoms with van der Waals surface area (Å²) in [6.45, 7) is 0. The van der Waals surface area contributed by atoms with Gasteiger partial charge < -0.3 is 4.98 Å². The van der Waals surface area contributed by atoms with Crippen molar-refractivity contribution in [2.45, 2.75) is 5.88 Å². The predicted molar refractivity (Wildman–Crippen MR) is 77.4 cm³/mol. The van der Waals surface area contributed by atoms with Crippen LogP contribution in [0, 0.1) is 0 Å². The van der Waals surface area contributed by atoms with E-state index in [1.807, 2.05) is 42.5 Å². The van der Waals surface area contributed by atoms with E-state index in [-0.39, 0.29) is 11.4 Å². The molecule has 0 aliphatic carbocycles. The Labute approximate surface area is 114 Å². The van der Waals surface area contributed by atoms with Crippen molar-refractivity contribution in [3.8, 4) is 11.4 Å². The molecule has 94 valence electrons. The van der Waals surface area contributed by atoms with Crippen LogP contribution in [-0.4, -0.2) is 9.97 Å². The molecule has 1 heterocycles. The molecule has 0 fully saturated rings. The predicted octanol–water partition coefficient (Wildman–Crippen LogP) is 3.33. The highest BCUT2D eigenvalue weighted by Gasteiger charge is 2.07. The molecule has 1 aromatic heterocycles. The molecule has 3 aromatic rings. The Hall–Kier alpha value is -2.13. The Morgan fingerprint density at radius 1 is 1.11 bits per heavy atom. The zero-order chi connectivity index (χ0) is 13.2. The number of aromatic nitrogens is 2. The maximum atomic E-state index is 11.6. The second kappa shape index (κ2) is 4.86. The molecule has 3 rings (SSSR count). The Morgan fingerprint density at radius 3 is 2.74 bits per heavy atom. The van der Waals surface area contributed by atoms with Crippen LogP contribution in [-0.2, 0) is 5.88 Å². The summed E-state index contributed by atoms with van der Waals surface area (Å²) < 4.78 is 0. The number of fused-ring (bicyclic) bond motifs is 1. The average Bonchev–Trinajstić information content (AvgIpc) is 2.46. The Balaban J connectivity index is 2.30. The van der Waals surface area contributed by atoms with Crippen molar-refractivity contribution in [2.75, 3.05) is 0 Å². The van der Waals surface area contributed by atoms with E-state index in [0.29, 0.717) is 11.5 Å². The van der Waals surface area contributed by atoms with Gasteiger partial charge in [-0.3, -0.25) is 4.79 Å². The molecular weight excluding hydrogens is 260 g/mol. The van der Waals surface area contributed by atoms with E-state index in [1.54, 1.807) is 0 Å². The number of hydrogen-bond donors (Lipinski definition) is 1. The monoisotopic (exact) mass is 270 g/mol. The fourth-order valence-corrected chi connectivity index (χ4v) is 2.27. The quantitative estimate of drug-likeness (QED) is 0.726. The van der Waals surface area contributed by atoms with E-state index in [2.05, 4.69) is 9.97 Å². The summed E-state index contributed by atoms with van der Waals surface area (Å²) in [6, 6.07) is 15.3. The van der Waals surface area contributed by atoms with Crippen LogP contribution in [0.5, 0.6) is 0 Å². The van der Waals surface area contributed by atoms with Gasteiger partial charge in [0.05, 0.1) is 11.6 Å². The maximum Gasteiger partial charge on any atom is 0.251 e. The molecule has 0 saturated heterocycles. The third kappa shape index (κ3) is 2.25. The molecule has 0 unspecified atom stereocenters. The zero-order valence-corrected chi connectivity index (χ0v) is 10.8. The normalized spacial score (nSPS) is 10.8. The van der Waals surface area contributed by atoms with Crippen LogP contribution in [0.1, 0.15) is 5.69 Å². The molecule has 0 atom stereocenters.